The Labute approximate surface area is 102 Å². The molecule has 2 rings (SSSR count). The molecule has 3 N–H and O–H groups in total. The molecule has 1 unspecified atom stereocenters. The van der Waals surface area contributed by atoms with Crippen LogP contribution in [0.4, 0.5) is 0 Å². The van der Waals surface area contributed by atoms with Gasteiger partial charge in [-0.1, -0.05) is 0 Å². The quantitative estimate of drug-likeness (QED) is 0.851. The maximum absolute atomic E-state index is 5.82. The van der Waals surface area contributed by atoms with Gasteiger partial charge in [-0.2, -0.15) is 0 Å². The number of fused-ring (bicyclic) bond motifs is 1. The molecule has 0 spiro atoms. The molecule has 0 saturated carbocycles. The minimum Gasteiger partial charge on any atom is -0.497 e. The lowest BCUT2D eigenvalue weighted by Crippen LogP contribution is -2.15. The normalized spacial score (nSPS) is 12.9. The fourth-order valence-corrected chi connectivity index (χ4v) is 2.19. The first kappa shape index (κ1) is 12.0. The fourth-order valence-electron chi connectivity index (χ4n) is 2.19. The first-order chi connectivity index (χ1) is 8.11. The minimum atomic E-state index is 0.248. The van der Waals surface area contributed by atoms with E-state index in [0.29, 0.717) is 0 Å². The topological polar surface area (TPSA) is 51.0 Å². The molecular weight excluding hydrogens is 212 g/mol. The van der Waals surface area contributed by atoms with Gasteiger partial charge < -0.3 is 15.5 Å². The molecule has 0 aliphatic rings. The molecule has 1 aromatic heterocycles. The van der Waals surface area contributed by atoms with Crippen LogP contribution in [0.15, 0.2) is 18.2 Å². The Bertz CT molecular complexity index is 514. The monoisotopic (exact) mass is 232 g/mol. The highest BCUT2D eigenvalue weighted by atomic mass is 16.5. The van der Waals surface area contributed by atoms with Crippen molar-refractivity contribution in [1.82, 2.24) is 4.98 Å². The summed E-state index contributed by atoms with van der Waals surface area (Å²) >= 11 is 0. The van der Waals surface area contributed by atoms with E-state index in [2.05, 4.69) is 18.0 Å². The second-order valence-electron chi connectivity index (χ2n) is 4.66. The van der Waals surface area contributed by atoms with Crippen LogP contribution in [0.5, 0.6) is 5.75 Å². The Kier molecular flexibility index (Phi) is 3.38. The SMILES string of the molecule is COc1ccc2c(CCC(C)N)c(C)[nH]c2c1. The standard InChI is InChI=1S/C14H20N2O/c1-9(15)4-6-12-10(2)16-14-8-11(17-3)5-7-13(12)14/h5,7-9,16H,4,6,15H2,1-3H3. The van der Waals surface area contributed by atoms with Crippen LogP contribution >= 0.6 is 0 Å². The van der Waals surface area contributed by atoms with Gasteiger partial charge in [0.2, 0.25) is 0 Å². The van der Waals surface area contributed by atoms with Crippen LogP contribution in [0, 0.1) is 6.92 Å². The van der Waals surface area contributed by atoms with Crippen LogP contribution in [0.25, 0.3) is 10.9 Å². The molecule has 0 aliphatic heterocycles. The van der Waals surface area contributed by atoms with Crippen LogP contribution in [-0.2, 0) is 6.42 Å². The highest BCUT2D eigenvalue weighted by molar-refractivity contribution is 5.85. The van der Waals surface area contributed by atoms with Crippen molar-refractivity contribution in [2.75, 3.05) is 7.11 Å². The Balaban J connectivity index is 2.38. The molecule has 0 aliphatic carbocycles. The van der Waals surface area contributed by atoms with Crippen molar-refractivity contribution in [3.05, 3.63) is 29.5 Å². The van der Waals surface area contributed by atoms with Gasteiger partial charge in [0.1, 0.15) is 5.75 Å². The summed E-state index contributed by atoms with van der Waals surface area (Å²) in [7, 11) is 1.69. The van der Waals surface area contributed by atoms with E-state index in [1.807, 2.05) is 19.1 Å². The molecule has 1 heterocycles. The molecule has 3 nitrogen and oxygen atoms in total. The molecular formula is C14H20N2O. The molecule has 0 radical (unpaired) electrons. The number of aryl methyl sites for hydroxylation is 2. The third-order valence-electron chi connectivity index (χ3n) is 3.18. The van der Waals surface area contributed by atoms with Crippen LogP contribution < -0.4 is 10.5 Å². The highest BCUT2D eigenvalue weighted by Gasteiger charge is 2.09. The van der Waals surface area contributed by atoms with E-state index in [9.17, 15) is 0 Å². The van der Waals surface area contributed by atoms with E-state index in [4.69, 9.17) is 10.5 Å². The van der Waals surface area contributed by atoms with Gasteiger partial charge in [-0.05, 0) is 44.4 Å². The van der Waals surface area contributed by atoms with E-state index in [-0.39, 0.29) is 6.04 Å². The van der Waals surface area contributed by atoms with Crippen molar-refractivity contribution in [2.45, 2.75) is 32.7 Å². The second kappa shape index (κ2) is 4.80. The van der Waals surface area contributed by atoms with Gasteiger partial charge in [0, 0.05) is 28.7 Å². The van der Waals surface area contributed by atoms with Crippen molar-refractivity contribution < 1.29 is 4.74 Å². The number of aromatic amines is 1. The van der Waals surface area contributed by atoms with Crippen molar-refractivity contribution in [1.29, 1.82) is 0 Å². The Morgan fingerprint density at radius 1 is 1.41 bits per heavy atom. The number of nitrogens with two attached hydrogens (primary N) is 1. The molecule has 0 fully saturated rings. The van der Waals surface area contributed by atoms with Gasteiger partial charge in [0.15, 0.2) is 0 Å². The van der Waals surface area contributed by atoms with Gasteiger partial charge in [-0.25, -0.2) is 0 Å². The van der Waals surface area contributed by atoms with Crippen LogP contribution in [-0.4, -0.2) is 18.1 Å². The zero-order valence-corrected chi connectivity index (χ0v) is 10.7. The summed E-state index contributed by atoms with van der Waals surface area (Å²) in [5, 5.41) is 1.28. The lowest BCUT2D eigenvalue weighted by Gasteiger charge is -2.05. The first-order valence-electron chi connectivity index (χ1n) is 6.02. The molecule has 2 aromatic rings. The largest absolute Gasteiger partial charge is 0.497 e. The van der Waals surface area contributed by atoms with Gasteiger partial charge in [-0.3, -0.25) is 0 Å². The Hall–Kier alpha value is -1.48. The lowest BCUT2D eigenvalue weighted by atomic mass is 10.0. The smallest absolute Gasteiger partial charge is 0.120 e. The molecule has 3 heteroatoms. The highest BCUT2D eigenvalue weighted by Crippen LogP contribution is 2.26. The lowest BCUT2D eigenvalue weighted by molar-refractivity contribution is 0.415. The molecule has 0 bridgehead atoms. The summed E-state index contributed by atoms with van der Waals surface area (Å²) in [6.45, 7) is 4.16. The number of methoxy groups -OCH3 is 1. The van der Waals surface area contributed by atoms with E-state index in [1.54, 1.807) is 7.11 Å². The predicted molar refractivity (Wildman–Crippen MR) is 71.6 cm³/mol. The summed E-state index contributed by atoms with van der Waals surface area (Å²) in [6, 6.07) is 6.41. The summed E-state index contributed by atoms with van der Waals surface area (Å²) in [6.07, 6.45) is 2.04. The molecule has 0 amide bonds. The third kappa shape index (κ3) is 2.44. The van der Waals surface area contributed by atoms with E-state index < -0.39 is 0 Å². The molecule has 1 aromatic carbocycles. The Morgan fingerprint density at radius 2 is 2.18 bits per heavy atom. The predicted octanol–water partition coefficient (Wildman–Crippen LogP) is 2.76. The number of ether oxygens (including phenoxy) is 1. The van der Waals surface area contributed by atoms with E-state index in [1.165, 1.54) is 16.6 Å². The average molecular weight is 232 g/mol. The summed E-state index contributed by atoms with van der Waals surface area (Å²) in [4.78, 5) is 3.40. The van der Waals surface area contributed by atoms with Gasteiger partial charge in [0.25, 0.3) is 0 Å². The molecule has 0 saturated heterocycles. The zero-order chi connectivity index (χ0) is 12.4. The number of H-pyrrole nitrogens is 1. The molecule has 1 atom stereocenters. The van der Waals surface area contributed by atoms with Crippen molar-refractivity contribution in [3.8, 4) is 5.75 Å². The number of rotatable bonds is 4. The first-order valence-corrected chi connectivity index (χ1v) is 6.02. The van der Waals surface area contributed by atoms with Crippen molar-refractivity contribution >= 4 is 10.9 Å². The molecule has 17 heavy (non-hydrogen) atoms. The number of hydrogen-bond acceptors (Lipinski definition) is 2. The number of nitrogens with one attached hydrogen (secondary N) is 1. The van der Waals surface area contributed by atoms with Gasteiger partial charge >= 0.3 is 0 Å². The number of aromatic nitrogens is 1. The maximum Gasteiger partial charge on any atom is 0.120 e. The van der Waals surface area contributed by atoms with Gasteiger partial charge in [0.05, 0.1) is 7.11 Å². The summed E-state index contributed by atoms with van der Waals surface area (Å²) in [5.74, 6) is 0.887. The van der Waals surface area contributed by atoms with E-state index >= 15 is 0 Å². The van der Waals surface area contributed by atoms with Gasteiger partial charge in [-0.15, -0.1) is 0 Å². The van der Waals surface area contributed by atoms with Crippen LogP contribution in [0.3, 0.4) is 0 Å². The maximum atomic E-state index is 5.82. The number of hydrogen-bond donors (Lipinski definition) is 2. The van der Waals surface area contributed by atoms with Crippen molar-refractivity contribution in [2.24, 2.45) is 5.73 Å². The average Bonchev–Trinajstić information content (AvgIpc) is 2.60. The fraction of sp³-hybridized carbons (Fsp3) is 0.429. The summed E-state index contributed by atoms with van der Waals surface area (Å²) < 4.78 is 5.23. The Morgan fingerprint density at radius 3 is 2.82 bits per heavy atom. The molecule has 92 valence electrons. The zero-order valence-electron chi connectivity index (χ0n) is 10.7. The minimum absolute atomic E-state index is 0.248. The van der Waals surface area contributed by atoms with Crippen LogP contribution in [0.2, 0.25) is 0 Å². The number of benzene rings is 1. The van der Waals surface area contributed by atoms with E-state index in [0.717, 1.165) is 24.1 Å². The van der Waals surface area contributed by atoms with Crippen molar-refractivity contribution in [3.63, 3.8) is 0 Å². The third-order valence-corrected chi connectivity index (χ3v) is 3.18. The van der Waals surface area contributed by atoms with Crippen LogP contribution in [0.1, 0.15) is 24.6 Å². The second-order valence-corrected chi connectivity index (χ2v) is 4.66. The summed E-state index contributed by atoms with van der Waals surface area (Å²) in [5.41, 5.74) is 9.56.